The first kappa shape index (κ1) is 19.9. The van der Waals surface area contributed by atoms with Gasteiger partial charge < -0.3 is 14.8 Å². The molecule has 3 atom stereocenters. The summed E-state index contributed by atoms with van der Waals surface area (Å²) in [6.07, 6.45) is 0. The second kappa shape index (κ2) is 6.73. The molecule has 3 heterocycles. The van der Waals surface area contributed by atoms with Crippen LogP contribution in [0.5, 0.6) is 11.5 Å². The number of imide groups is 1. The number of amides is 3. The molecule has 0 aliphatic carbocycles. The predicted octanol–water partition coefficient (Wildman–Crippen LogP) is 2.30. The van der Waals surface area contributed by atoms with Crippen molar-refractivity contribution in [1.29, 1.82) is 0 Å². The Balaban J connectivity index is 1.80. The van der Waals surface area contributed by atoms with Gasteiger partial charge >= 0.3 is 0 Å². The van der Waals surface area contributed by atoms with E-state index in [1.807, 2.05) is 48.3 Å². The molecule has 3 amide bonds. The number of thioether (sulfide) groups is 1. The average molecular weight is 439 g/mol. The third kappa shape index (κ3) is 2.38. The number of rotatable bonds is 3. The molecule has 0 radical (unpaired) electrons. The fraction of sp³-hybridized carbons (Fsp3) is 0.318. The smallest absolute Gasteiger partial charge is 0.286 e. The Morgan fingerprint density at radius 2 is 1.68 bits per heavy atom. The highest BCUT2D eigenvalue weighted by atomic mass is 32.2. The molecule has 0 unspecified atom stereocenters. The van der Waals surface area contributed by atoms with E-state index in [1.54, 1.807) is 20.3 Å². The van der Waals surface area contributed by atoms with Gasteiger partial charge in [-0.05, 0) is 42.6 Å². The SMILES string of the molecule is COc1cc(OC)cc([C@@H]2CN(C)[C@]3(C(=O)Nc4ccccc43)[C@]23SC(=O)NC3=O)c1. The van der Waals surface area contributed by atoms with Crippen LogP contribution in [0.4, 0.5) is 10.5 Å². The maximum Gasteiger partial charge on any atom is 0.286 e. The Morgan fingerprint density at radius 1 is 1.00 bits per heavy atom. The minimum Gasteiger partial charge on any atom is -0.497 e. The van der Waals surface area contributed by atoms with Gasteiger partial charge in [-0.3, -0.25) is 24.6 Å². The first-order chi connectivity index (χ1) is 14.9. The summed E-state index contributed by atoms with van der Waals surface area (Å²) < 4.78 is 9.46. The van der Waals surface area contributed by atoms with Crippen LogP contribution in [0.25, 0.3) is 0 Å². The summed E-state index contributed by atoms with van der Waals surface area (Å²) in [5.41, 5.74) is 0.757. The summed E-state index contributed by atoms with van der Waals surface area (Å²) in [7, 11) is 4.92. The van der Waals surface area contributed by atoms with Crippen molar-refractivity contribution in [2.75, 3.05) is 33.1 Å². The van der Waals surface area contributed by atoms with Crippen molar-refractivity contribution >= 4 is 34.5 Å². The van der Waals surface area contributed by atoms with E-state index in [9.17, 15) is 14.4 Å². The number of ether oxygens (including phenoxy) is 2. The Morgan fingerprint density at radius 3 is 2.29 bits per heavy atom. The van der Waals surface area contributed by atoms with Gasteiger partial charge in [0.1, 0.15) is 16.2 Å². The van der Waals surface area contributed by atoms with E-state index >= 15 is 0 Å². The van der Waals surface area contributed by atoms with E-state index in [1.165, 1.54) is 0 Å². The van der Waals surface area contributed by atoms with Gasteiger partial charge in [-0.15, -0.1) is 0 Å². The molecule has 31 heavy (non-hydrogen) atoms. The molecule has 9 heteroatoms. The van der Waals surface area contributed by atoms with Crippen LogP contribution in [0.3, 0.4) is 0 Å². The maximum atomic E-state index is 13.6. The quantitative estimate of drug-likeness (QED) is 0.758. The summed E-state index contributed by atoms with van der Waals surface area (Å²) in [5.74, 6) is -0.121. The number of nitrogens with one attached hydrogen (secondary N) is 2. The molecule has 3 aliphatic rings. The standard InChI is InChI=1S/C22H21N3O5S/c1-25-11-16(12-8-13(29-2)10-14(9-12)30-3)22(19(27)24-20(28)31-22)21(25)15-6-4-5-7-17(15)23-18(21)26/h4-10,16H,11H2,1-3H3,(H,23,26)(H,24,27,28)/t16-,21+,22-/m0/s1. The Labute approximate surface area is 183 Å². The molecule has 2 aromatic carbocycles. The zero-order chi connectivity index (χ0) is 22.0. The molecular formula is C22H21N3O5S. The highest BCUT2D eigenvalue weighted by Gasteiger charge is 2.77. The second-order valence-corrected chi connectivity index (χ2v) is 9.09. The van der Waals surface area contributed by atoms with Crippen molar-refractivity contribution in [2.24, 2.45) is 0 Å². The lowest BCUT2D eigenvalue weighted by atomic mass is 9.72. The number of carbonyl (C=O) groups excluding carboxylic acids is 3. The minimum absolute atomic E-state index is 0.314. The maximum absolute atomic E-state index is 13.6. The average Bonchev–Trinajstić information content (AvgIpc) is 3.33. The monoisotopic (exact) mass is 439 g/mol. The van der Waals surface area contributed by atoms with Crippen LogP contribution in [-0.2, 0) is 15.1 Å². The van der Waals surface area contributed by atoms with Gasteiger partial charge in [-0.25, -0.2) is 0 Å². The highest BCUT2D eigenvalue weighted by molar-refractivity contribution is 8.16. The number of nitrogens with zero attached hydrogens (tertiary/aromatic N) is 1. The van der Waals surface area contributed by atoms with Crippen LogP contribution < -0.4 is 20.1 Å². The Kier molecular flexibility index (Phi) is 4.32. The Hall–Kier alpha value is -3.04. The first-order valence-corrected chi connectivity index (χ1v) is 10.6. The van der Waals surface area contributed by atoms with E-state index in [4.69, 9.17) is 9.47 Å². The van der Waals surface area contributed by atoms with E-state index in [-0.39, 0.29) is 5.91 Å². The molecular weight excluding hydrogens is 418 g/mol. The van der Waals surface area contributed by atoms with E-state index in [0.717, 1.165) is 17.3 Å². The number of hydrogen-bond acceptors (Lipinski definition) is 7. The zero-order valence-corrected chi connectivity index (χ0v) is 18.0. The number of likely N-dealkylation sites (tertiary alicyclic amines) is 1. The number of benzene rings is 2. The highest BCUT2D eigenvalue weighted by Crippen LogP contribution is 2.64. The fourth-order valence-electron chi connectivity index (χ4n) is 5.31. The number of hydrogen-bond donors (Lipinski definition) is 2. The minimum atomic E-state index is -1.40. The molecule has 0 bridgehead atoms. The van der Waals surface area contributed by atoms with Crippen molar-refractivity contribution in [1.82, 2.24) is 10.2 Å². The molecule has 2 saturated heterocycles. The van der Waals surface area contributed by atoms with Crippen LogP contribution in [0.15, 0.2) is 42.5 Å². The summed E-state index contributed by atoms with van der Waals surface area (Å²) in [4.78, 5) is 41.6. The van der Waals surface area contributed by atoms with Crippen molar-refractivity contribution in [3.05, 3.63) is 53.6 Å². The molecule has 2 fully saturated rings. The number of likely N-dealkylation sites (N-methyl/N-ethyl adjacent to an activating group) is 1. The van der Waals surface area contributed by atoms with Crippen molar-refractivity contribution in [2.45, 2.75) is 16.2 Å². The van der Waals surface area contributed by atoms with Gasteiger partial charge in [0.05, 0.1) is 14.2 Å². The van der Waals surface area contributed by atoms with Gasteiger partial charge in [-0.1, -0.05) is 18.2 Å². The zero-order valence-electron chi connectivity index (χ0n) is 17.2. The summed E-state index contributed by atoms with van der Waals surface area (Å²) in [6.45, 7) is 0.381. The third-order valence-corrected chi connectivity index (χ3v) is 7.91. The van der Waals surface area contributed by atoms with Crippen LogP contribution >= 0.6 is 11.8 Å². The van der Waals surface area contributed by atoms with E-state index < -0.39 is 27.4 Å². The van der Waals surface area contributed by atoms with E-state index in [2.05, 4.69) is 10.6 Å². The number of fused-ring (bicyclic) bond motifs is 3. The largest absolute Gasteiger partial charge is 0.497 e. The molecule has 5 rings (SSSR count). The van der Waals surface area contributed by atoms with Crippen LogP contribution in [0.1, 0.15) is 17.0 Å². The number of carbonyl (C=O) groups is 3. The fourth-order valence-corrected chi connectivity index (χ4v) is 6.75. The normalized spacial score (nSPS) is 29.4. The van der Waals surface area contributed by atoms with Crippen molar-refractivity contribution < 1.29 is 23.9 Å². The van der Waals surface area contributed by atoms with Gasteiger partial charge in [0.2, 0.25) is 5.91 Å². The van der Waals surface area contributed by atoms with Gasteiger partial charge in [0.25, 0.3) is 11.1 Å². The second-order valence-electron chi connectivity index (χ2n) is 7.87. The summed E-state index contributed by atoms with van der Waals surface area (Å²) >= 11 is 0.897. The van der Waals surface area contributed by atoms with Crippen molar-refractivity contribution in [3.8, 4) is 11.5 Å². The number of methoxy groups -OCH3 is 2. The Bertz CT molecular complexity index is 1120. The van der Waals surface area contributed by atoms with Gasteiger partial charge in [0, 0.05) is 29.8 Å². The predicted molar refractivity (Wildman–Crippen MR) is 116 cm³/mol. The lowest BCUT2D eigenvalue weighted by molar-refractivity contribution is -0.133. The topological polar surface area (TPSA) is 97.0 Å². The molecule has 0 saturated carbocycles. The third-order valence-electron chi connectivity index (χ3n) is 6.53. The van der Waals surface area contributed by atoms with Crippen molar-refractivity contribution in [3.63, 3.8) is 0 Å². The molecule has 3 aliphatic heterocycles. The molecule has 2 N–H and O–H groups in total. The summed E-state index contributed by atoms with van der Waals surface area (Å²) in [6, 6.07) is 12.7. The molecule has 8 nitrogen and oxygen atoms in total. The van der Waals surface area contributed by atoms with Gasteiger partial charge in [0.15, 0.2) is 5.54 Å². The lowest BCUT2D eigenvalue weighted by Crippen LogP contribution is -2.61. The lowest BCUT2D eigenvalue weighted by Gasteiger charge is -2.41. The van der Waals surface area contributed by atoms with Crippen LogP contribution in [0.2, 0.25) is 0 Å². The van der Waals surface area contributed by atoms with E-state index in [0.29, 0.717) is 29.3 Å². The van der Waals surface area contributed by atoms with Gasteiger partial charge in [-0.2, -0.15) is 0 Å². The molecule has 0 aromatic heterocycles. The molecule has 2 aromatic rings. The first-order valence-electron chi connectivity index (χ1n) is 9.78. The number of anilines is 1. The van der Waals surface area contributed by atoms with Crippen LogP contribution in [-0.4, -0.2) is 54.5 Å². The molecule has 2 spiro atoms. The molecule has 160 valence electrons. The van der Waals surface area contributed by atoms with Crippen LogP contribution in [0, 0.1) is 0 Å². The number of para-hydroxylation sites is 1. The summed E-state index contributed by atoms with van der Waals surface area (Å²) in [5, 5.41) is 4.91.